The summed E-state index contributed by atoms with van der Waals surface area (Å²) in [6.07, 6.45) is 0.112. The van der Waals surface area contributed by atoms with E-state index in [2.05, 4.69) is 5.32 Å². The van der Waals surface area contributed by atoms with Crippen LogP contribution in [0.2, 0.25) is 0 Å². The van der Waals surface area contributed by atoms with Crippen LogP contribution in [0.4, 0.5) is 0 Å². The summed E-state index contributed by atoms with van der Waals surface area (Å²) in [4.78, 5) is 39.6. The molecule has 4 rings (SSSR count). The highest BCUT2D eigenvalue weighted by atomic mass is 32.2. The zero-order valence-corrected chi connectivity index (χ0v) is 19.5. The van der Waals surface area contributed by atoms with Crippen LogP contribution in [0.1, 0.15) is 25.0 Å². The van der Waals surface area contributed by atoms with E-state index in [1.807, 2.05) is 30.3 Å². The van der Waals surface area contributed by atoms with Crippen molar-refractivity contribution < 1.29 is 28.1 Å². The minimum Gasteiger partial charge on any atom is -0.497 e. The number of hydrogen-bond acceptors (Lipinski definition) is 6. The maximum Gasteiger partial charge on any atom is 0.330 e. The van der Waals surface area contributed by atoms with E-state index >= 15 is 0 Å². The number of methoxy groups -OCH3 is 1. The maximum absolute atomic E-state index is 13.2. The summed E-state index contributed by atoms with van der Waals surface area (Å²) in [5.41, 5.74) is 1.57. The second kappa shape index (κ2) is 8.97. The molecule has 2 aromatic carbocycles. The first-order chi connectivity index (χ1) is 15.7. The van der Waals surface area contributed by atoms with Crippen molar-refractivity contribution in [1.29, 1.82) is 0 Å². The summed E-state index contributed by atoms with van der Waals surface area (Å²) in [6.45, 7) is 3.37. The van der Waals surface area contributed by atoms with Gasteiger partial charge in [0.05, 0.1) is 29.1 Å². The summed E-state index contributed by atoms with van der Waals surface area (Å²) in [6, 6.07) is 14.3. The monoisotopic (exact) mass is 470 g/mol. The predicted octanol–water partition coefficient (Wildman–Crippen LogP) is 1.54. The molecule has 2 aromatic rings. The average Bonchev–Trinajstić information content (AvgIpc) is 3.00. The fourth-order valence-corrected chi connectivity index (χ4v) is 6.15. The maximum atomic E-state index is 13.2. The van der Waals surface area contributed by atoms with Gasteiger partial charge in [-0.3, -0.25) is 13.8 Å². The predicted molar refractivity (Wildman–Crippen MR) is 122 cm³/mol. The highest BCUT2D eigenvalue weighted by Gasteiger charge is 2.68. The first-order valence-electron chi connectivity index (χ1n) is 10.6. The number of rotatable bonds is 7. The molecule has 8 nitrogen and oxygen atoms in total. The van der Waals surface area contributed by atoms with Crippen molar-refractivity contribution >= 4 is 28.6 Å². The number of β-lactam (4-membered cyclic amide) rings is 1. The second-order valence-corrected chi connectivity index (χ2v) is 10.7. The lowest BCUT2D eigenvalue weighted by molar-refractivity contribution is -0.165. The van der Waals surface area contributed by atoms with Crippen LogP contribution in [-0.4, -0.2) is 56.2 Å². The van der Waals surface area contributed by atoms with Crippen molar-refractivity contribution in [3.05, 3.63) is 65.7 Å². The van der Waals surface area contributed by atoms with Crippen molar-refractivity contribution in [2.24, 2.45) is 0 Å². The molecule has 0 aromatic heterocycles. The summed E-state index contributed by atoms with van der Waals surface area (Å²) < 4.78 is 22.8. The molecule has 2 amide bonds. The van der Waals surface area contributed by atoms with Crippen molar-refractivity contribution in [3.63, 3.8) is 0 Å². The van der Waals surface area contributed by atoms with Gasteiger partial charge in [-0.2, -0.15) is 0 Å². The van der Waals surface area contributed by atoms with Gasteiger partial charge in [-0.15, -0.1) is 0 Å². The number of amides is 2. The Hall–Kier alpha value is -3.20. The van der Waals surface area contributed by atoms with Crippen molar-refractivity contribution in [2.75, 3.05) is 7.11 Å². The van der Waals surface area contributed by atoms with Crippen LogP contribution in [0.5, 0.6) is 5.75 Å². The fourth-order valence-electron chi connectivity index (χ4n) is 4.23. The van der Waals surface area contributed by atoms with Gasteiger partial charge in [0.1, 0.15) is 29.8 Å². The number of hydrogen-bond donors (Lipinski definition) is 1. The van der Waals surface area contributed by atoms with E-state index in [9.17, 15) is 18.6 Å². The molecule has 9 heteroatoms. The lowest BCUT2D eigenvalue weighted by Crippen LogP contribution is -2.71. The largest absolute Gasteiger partial charge is 0.497 e. The minimum atomic E-state index is -1.56. The molecule has 1 N–H and O–H groups in total. The number of nitrogens with zero attached hydrogens (tertiary/aromatic N) is 1. The Morgan fingerprint density at radius 2 is 1.73 bits per heavy atom. The van der Waals surface area contributed by atoms with E-state index in [1.165, 1.54) is 4.90 Å². The molecular formula is C24H26N2O6S. The zero-order chi connectivity index (χ0) is 23.8. The summed E-state index contributed by atoms with van der Waals surface area (Å²) in [5, 5.41) is 1.94. The Morgan fingerprint density at radius 3 is 2.36 bits per heavy atom. The van der Waals surface area contributed by atoms with E-state index in [1.54, 1.807) is 45.2 Å². The molecule has 174 valence electrons. The van der Waals surface area contributed by atoms with Crippen molar-refractivity contribution in [2.45, 2.75) is 49.1 Å². The number of nitrogens with one attached hydrogen (secondary N) is 1. The molecule has 2 aliphatic rings. The number of carbonyl (C=O) groups excluding carboxylic acids is 3. The van der Waals surface area contributed by atoms with Crippen LogP contribution in [0.25, 0.3) is 0 Å². The second-order valence-electron chi connectivity index (χ2n) is 8.60. The molecule has 0 saturated carbocycles. The third-order valence-electron chi connectivity index (χ3n) is 6.04. The van der Waals surface area contributed by atoms with Crippen LogP contribution in [0, 0.1) is 0 Å². The Kier molecular flexibility index (Phi) is 6.25. The van der Waals surface area contributed by atoms with Gasteiger partial charge in [0.15, 0.2) is 0 Å². The normalized spacial score (nSPS) is 25.1. The molecule has 33 heavy (non-hydrogen) atoms. The first-order valence-corrected chi connectivity index (χ1v) is 11.8. The van der Waals surface area contributed by atoms with Crippen LogP contribution < -0.4 is 10.1 Å². The van der Waals surface area contributed by atoms with Gasteiger partial charge in [0.2, 0.25) is 11.8 Å². The molecule has 2 fully saturated rings. The van der Waals surface area contributed by atoms with Gasteiger partial charge in [0.25, 0.3) is 0 Å². The number of carbonyl (C=O) groups is 3. The standard InChI is InChI=1S/C24H26N2O6S/c1-24(2)20(23(29)32-14-16-9-11-17(31-3)12-10-16)26-21(28)19(22(26)33(24)30)25-18(27)13-15-7-5-4-6-8-15/h4-12,19-20,22H,13-14H2,1-3H3,(H,25,27)/t19?,20?,22-,33-/m1/s1. The van der Waals surface area contributed by atoms with E-state index in [-0.39, 0.29) is 18.9 Å². The van der Waals surface area contributed by atoms with Crippen molar-refractivity contribution in [3.8, 4) is 5.75 Å². The fraction of sp³-hybridized carbons (Fsp3) is 0.375. The van der Waals surface area contributed by atoms with E-state index < -0.39 is 44.9 Å². The molecule has 2 aliphatic heterocycles. The lowest BCUT2D eigenvalue weighted by atomic mass is 9.96. The van der Waals surface area contributed by atoms with Gasteiger partial charge >= 0.3 is 5.97 Å². The van der Waals surface area contributed by atoms with Gasteiger partial charge in [-0.1, -0.05) is 42.5 Å². The lowest BCUT2D eigenvalue weighted by Gasteiger charge is -2.43. The zero-order valence-electron chi connectivity index (χ0n) is 18.6. The summed E-state index contributed by atoms with van der Waals surface area (Å²) >= 11 is 0. The van der Waals surface area contributed by atoms with Crippen molar-refractivity contribution in [1.82, 2.24) is 10.2 Å². The number of esters is 1. The number of ether oxygens (including phenoxy) is 2. The molecule has 2 heterocycles. The quantitative estimate of drug-likeness (QED) is 0.487. The Bertz CT molecular complexity index is 1090. The van der Waals surface area contributed by atoms with E-state index in [0.717, 1.165) is 11.1 Å². The molecule has 0 radical (unpaired) electrons. The summed E-state index contributed by atoms with van der Waals surface area (Å²) in [7, 11) is -0.000290. The van der Waals surface area contributed by atoms with E-state index in [4.69, 9.17) is 9.47 Å². The molecule has 0 aliphatic carbocycles. The molecule has 2 saturated heterocycles. The smallest absolute Gasteiger partial charge is 0.330 e. The molecule has 0 spiro atoms. The van der Waals surface area contributed by atoms with Crippen LogP contribution in [0.3, 0.4) is 0 Å². The van der Waals surface area contributed by atoms with Gasteiger partial charge in [-0.25, -0.2) is 4.79 Å². The Labute approximate surface area is 194 Å². The highest BCUT2D eigenvalue weighted by molar-refractivity contribution is 7.87. The third kappa shape index (κ3) is 4.25. The topological polar surface area (TPSA) is 102 Å². The summed E-state index contributed by atoms with van der Waals surface area (Å²) in [5.74, 6) is -0.688. The van der Waals surface area contributed by atoms with Gasteiger partial charge in [0, 0.05) is 0 Å². The molecule has 0 bridgehead atoms. The first kappa shape index (κ1) is 23.0. The Morgan fingerprint density at radius 1 is 1.06 bits per heavy atom. The van der Waals surface area contributed by atoms with Gasteiger partial charge in [-0.05, 0) is 37.1 Å². The Balaban J connectivity index is 1.42. The number of benzene rings is 2. The molecule has 2 unspecified atom stereocenters. The van der Waals surface area contributed by atoms with Crippen LogP contribution in [0.15, 0.2) is 54.6 Å². The SMILES string of the molecule is COc1ccc(COC(=O)C2N3C(=O)C(NC(=O)Cc4ccccc4)[C@H]3[S@@](=O)C2(C)C)cc1. The van der Waals surface area contributed by atoms with Crippen LogP contribution >= 0.6 is 0 Å². The van der Waals surface area contributed by atoms with Gasteiger partial charge < -0.3 is 19.7 Å². The average molecular weight is 471 g/mol. The third-order valence-corrected chi connectivity index (χ3v) is 8.24. The van der Waals surface area contributed by atoms with E-state index in [0.29, 0.717) is 5.75 Å². The minimum absolute atomic E-state index is 0.0198. The molecule has 4 atom stereocenters. The number of fused-ring (bicyclic) bond motifs is 1. The molecular weight excluding hydrogens is 444 g/mol. The van der Waals surface area contributed by atoms with Crippen LogP contribution in [-0.2, 0) is 42.9 Å². The highest BCUT2D eigenvalue weighted by Crippen LogP contribution is 2.44.